The molecule has 0 unspecified atom stereocenters. The first-order chi connectivity index (χ1) is 22.0. The third kappa shape index (κ3) is 4.16. The number of anilines is 3. The van der Waals surface area contributed by atoms with Crippen LogP contribution in [0.2, 0.25) is 0 Å². The predicted octanol–water partition coefficient (Wildman–Crippen LogP) is 11.3. The second kappa shape index (κ2) is 10.5. The number of carbonyl (C=O) groups excluding carboxylic acids is 1. The molecule has 0 fully saturated rings. The van der Waals surface area contributed by atoms with E-state index in [-0.39, 0.29) is 5.78 Å². The molecular weight excluding hydrogens is 550 g/mol. The van der Waals surface area contributed by atoms with Crippen LogP contribution in [-0.2, 0) is 9.53 Å². The van der Waals surface area contributed by atoms with Crippen molar-refractivity contribution < 1.29 is 9.53 Å². The number of nitrogens with zero attached hydrogens (tertiary/aromatic N) is 1. The van der Waals surface area contributed by atoms with Crippen molar-refractivity contribution in [2.75, 3.05) is 12.0 Å². The number of methoxy groups -OCH3 is 1. The van der Waals surface area contributed by atoms with Crippen LogP contribution in [-0.4, -0.2) is 12.9 Å². The molecule has 3 nitrogen and oxygen atoms in total. The van der Waals surface area contributed by atoms with Crippen molar-refractivity contribution in [1.82, 2.24) is 0 Å². The van der Waals surface area contributed by atoms with Gasteiger partial charge in [-0.05, 0) is 75.3 Å². The van der Waals surface area contributed by atoms with Crippen molar-refractivity contribution in [2.24, 2.45) is 0 Å². The van der Waals surface area contributed by atoms with Gasteiger partial charge in [0.25, 0.3) is 0 Å². The lowest BCUT2D eigenvalue weighted by Gasteiger charge is -2.30. The van der Waals surface area contributed by atoms with Gasteiger partial charge in [-0.15, -0.1) is 0 Å². The van der Waals surface area contributed by atoms with Crippen LogP contribution in [0, 0.1) is 0 Å². The normalized spacial score (nSPS) is 12.3. The number of allylic oxidation sites excluding steroid dienone is 2. The number of benzene rings is 8. The second-order valence-corrected chi connectivity index (χ2v) is 11.6. The molecule has 8 aromatic carbocycles. The van der Waals surface area contributed by atoms with Crippen LogP contribution in [0.4, 0.5) is 17.1 Å². The zero-order valence-corrected chi connectivity index (χ0v) is 25.5. The average Bonchev–Trinajstić information content (AvgIpc) is 3.08. The first-order valence-corrected chi connectivity index (χ1v) is 15.3. The van der Waals surface area contributed by atoms with Gasteiger partial charge in [0.1, 0.15) is 5.76 Å². The molecule has 0 aliphatic carbocycles. The Hall–Kier alpha value is -5.67. The molecule has 0 saturated heterocycles. The lowest BCUT2D eigenvalue weighted by Crippen LogP contribution is -2.11. The Balaban J connectivity index is 1.50. The van der Waals surface area contributed by atoms with E-state index in [0.717, 1.165) is 49.6 Å². The van der Waals surface area contributed by atoms with E-state index in [9.17, 15) is 4.79 Å². The van der Waals surface area contributed by atoms with Gasteiger partial charge in [0.15, 0.2) is 5.78 Å². The topological polar surface area (TPSA) is 29.5 Å². The maximum absolute atomic E-state index is 12.9. The van der Waals surface area contributed by atoms with Crippen molar-refractivity contribution in [3.8, 4) is 0 Å². The quantitative estimate of drug-likeness (QED) is 0.111. The Labute approximate surface area is 261 Å². The summed E-state index contributed by atoms with van der Waals surface area (Å²) in [5, 5.41) is 11.6. The SMILES string of the molecule is CO/C(C)=C(\C(C)=O)c1ccc2ccc3c(N(c4cccc5ccccc45)c4cccc5ccccc45)ccc4ccc1c2c43. The average molecular weight is 582 g/mol. The molecule has 0 spiro atoms. The van der Waals surface area contributed by atoms with E-state index in [1.165, 1.54) is 26.9 Å². The number of hydrogen-bond acceptors (Lipinski definition) is 3. The summed E-state index contributed by atoms with van der Waals surface area (Å²) in [6, 6.07) is 47.7. The Morgan fingerprint density at radius 3 is 1.58 bits per heavy atom. The highest BCUT2D eigenvalue weighted by Crippen LogP contribution is 2.47. The van der Waals surface area contributed by atoms with Crippen LogP contribution in [0.5, 0.6) is 0 Å². The second-order valence-electron chi connectivity index (χ2n) is 11.6. The molecule has 0 amide bonds. The molecule has 216 valence electrons. The molecule has 3 heteroatoms. The summed E-state index contributed by atoms with van der Waals surface area (Å²) in [4.78, 5) is 15.4. The molecule has 0 bridgehead atoms. The zero-order valence-electron chi connectivity index (χ0n) is 25.5. The number of rotatable bonds is 6. The summed E-state index contributed by atoms with van der Waals surface area (Å²) in [5.41, 5.74) is 4.86. The zero-order chi connectivity index (χ0) is 30.7. The molecule has 0 N–H and O–H groups in total. The molecule has 8 rings (SSSR count). The van der Waals surface area contributed by atoms with Gasteiger partial charge in [0.2, 0.25) is 0 Å². The highest BCUT2D eigenvalue weighted by atomic mass is 16.5. The standard InChI is InChI=1S/C42H31NO2/c1-26(44)40(27(2)45-3)34-22-18-30-20-24-36-39(25-21-31-19-23-35(34)41(30)42(31)36)43(37-16-8-12-28-10-4-6-14-32(28)37)38-17-9-13-29-11-5-7-15-33(29)38/h4-25H,1-3H3/b40-27+. The summed E-state index contributed by atoms with van der Waals surface area (Å²) in [7, 11) is 1.62. The van der Waals surface area contributed by atoms with Crippen LogP contribution < -0.4 is 4.90 Å². The third-order valence-corrected chi connectivity index (χ3v) is 9.18. The van der Waals surface area contributed by atoms with Gasteiger partial charge < -0.3 is 9.64 Å². The van der Waals surface area contributed by atoms with E-state index < -0.39 is 0 Å². The van der Waals surface area contributed by atoms with E-state index in [2.05, 4.69) is 138 Å². The Bertz CT molecular complexity index is 2380. The fourth-order valence-electron chi connectivity index (χ4n) is 7.12. The van der Waals surface area contributed by atoms with E-state index in [1.807, 2.05) is 6.92 Å². The number of ketones is 1. The largest absolute Gasteiger partial charge is 0.501 e. The molecule has 8 aromatic rings. The van der Waals surface area contributed by atoms with Gasteiger partial charge in [0.05, 0.1) is 29.7 Å². The first-order valence-electron chi connectivity index (χ1n) is 15.3. The van der Waals surface area contributed by atoms with E-state index in [4.69, 9.17) is 4.74 Å². The Morgan fingerprint density at radius 1 is 0.489 bits per heavy atom. The van der Waals surface area contributed by atoms with Crippen molar-refractivity contribution in [3.63, 3.8) is 0 Å². The minimum Gasteiger partial charge on any atom is -0.501 e. The van der Waals surface area contributed by atoms with Gasteiger partial charge in [-0.2, -0.15) is 0 Å². The smallest absolute Gasteiger partial charge is 0.163 e. The van der Waals surface area contributed by atoms with Gasteiger partial charge in [0, 0.05) is 16.2 Å². The van der Waals surface area contributed by atoms with Gasteiger partial charge in [-0.25, -0.2) is 0 Å². The Kier molecular flexibility index (Phi) is 6.28. The first kappa shape index (κ1) is 26.9. The number of carbonyl (C=O) groups is 1. The summed E-state index contributed by atoms with van der Waals surface area (Å²) < 4.78 is 5.59. The number of Topliss-reactive ketones (excluding diaryl/α,β-unsaturated/α-hetero) is 1. The molecule has 0 heterocycles. The number of hydrogen-bond donors (Lipinski definition) is 0. The summed E-state index contributed by atoms with van der Waals surface area (Å²) >= 11 is 0. The van der Waals surface area contributed by atoms with Crippen molar-refractivity contribution >= 4 is 82.3 Å². The maximum Gasteiger partial charge on any atom is 0.163 e. The number of ether oxygens (including phenoxy) is 1. The number of fused-ring (bicyclic) bond motifs is 2. The van der Waals surface area contributed by atoms with Gasteiger partial charge >= 0.3 is 0 Å². The van der Waals surface area contributed by atoms with Crippen LogP contribution in [0.1, 0.15) is 19.4 Å². The molecule has 0 saturated carbocycles. The highest BCUT2D eigenvalue weighted by Gasteiger charge is 2.23. The minimum absolute atomic E-state index is 0.0110. The van der Waals surface area contributed by atoms with Crippen LogP contribution in [0.25, 0.3) is 59.4 Å². The molecule has 45 heavy (non-hydrogen) atoms. The van der Waals surface area contributed by atoms with Crippen LogP contribution >= 0.6 is 0 Å². The van der Waals surface area contributed by atoms with E-state index in [0.29, 0.717) is 11.3 Å². The monoisotopic (exact) mass is 581 g/mol. The molecule has 0 atom stereocenters. The summed E-state index contributed by atoms with van der Waals surface area (Å²) in [5.74, 6) is 0.611. The summed E-state index contributed by atoms with van der Waals surface area (Å²) in [6.07, 6.45) is 0. The molecule has 0 aromatic heterocycles. The lowest BCUT2D eigenvalue weighted by atomic mass is 9.88. The lowest BCUT2D eigenvalue weighted by molar-refractivity contribution is -0.111. The fraction of sp³-hybridized carbons (Fsp3) is 0.0714. The van der Waals surface area contributed by atoms with Crippen molar-refractivity contribution in [2.45, 2.75) is 13.8 Å². The van der Waals surface area contributed by atoms with Gasteiger partial charge in [-0.3, -0.25) is 4.79 Å². The van der Waals surface area contributed by atoms with E-state index in [1.54, 1.807) is 14.0 Å². The molecule has 0 aliphatic heterocycles. The Morgan fingerprint density at radius 2 is 0.978 bits per heavy atom. The van der Waals surface area contributed by atoms with Gasteiger partial charge in [-0.1, -0.05) is 115 Å². The molecule has 0 radical (unpaired) electrons. The van der Waals surface area contributed by atoms with E-state index >= 15 is 0 Å². The van der Waals surface area contributed by atoms with Crippen molar-refractivity contribution in [1.29, 1.82) is 0 Å². The van der Waals surface area contributed by atoms with Crippen LogP contribution in [0.3, 0.4) is 0 Å². The molecule has 0 aliphatic rings. The highest BCUT2D eigenvalue weighted by molar-refractivity contribution is 6.31. The third-order valence-electron chi connectivity index (χ3n) is 9.18. The van der Waals surface area contributed by atoms with Crippen molar-refractivity contribution in [3.05, 3.63) is 145 Å². The van der Waals surface area contributed by atoms with Crippen LogP contribution in [0.15, 0.2) is 139 Å². The minimum atomic E-state index is -0.0110. The predicted molar refractivity (Wildman–Crippen MR) is 190 cm³/mol. The summed E-state index contributed by atoms with van der Waals surface area (Å²) in [6.45, 7) is 3.47. The fourth-order valence-corrected chi connectivity index (χ4v) is 7.12. The maximum atomic E-state index is 12.9. The molecular formula is C42H31NO2.